The highest BCUT2D eigenvalue weighted by Crippen LogP contribution is 1.99. The minimum absolute atomic E-state index is 0.845. The maximum atomic E-state index is 5.53. The standard InChI is InChI=1S/C7H10BN/c1-5-2-3-6(9)4-7(5)8/h2-4H,8-9H2,1H3. The van der Waals surface area contributed by atoms with E-state index in [-0.39, 0.29) is 0 Å². The molecule has 9 heavy (non-hydrogen) atoms. The summed E-state index contributed by atoms with van der Waals surface area (Å²) in [4.78, 5) is 0. The van der Waals surface area contributed by atoms with Crippen molar-refractivity contribution in [2.24, 2.45) is 0 Å². The van der Waals surface area contributed by atoms with Crippen LogP contribution in [-0.4, -0.2) is 7.85 Å². The molecule has 1 nitrogen and oxygen atoms in total. The number of hydrogen-bond acceptors (Lipinski definition) is 1. The normalized spacial score (nSPS) is 9.44. The molecule has 2 N–H and O–H groups in total. The number of nitrogen functional groups attached to an aromatic ring is 1. The molecule has 0 aliphatic heterocycles. The highest BCUT2D eigenvalue weighted by atomic mass is 14.5. The van der Waals surface area contributed by atoms with Gasteiger partial charge in [0.25, 0.3) is 0 Å². The second-order valence-corrected chi connectivity index (χ2v) is 2.34. The van der Waals surface area contributed by atoms with E-state index >= 15 is 0 Å². The maximum Gasteiger partial charge on any atom is 0.139 e. The van der Waals surface area contributed by atoms with Crippen LogP contribution in [0, 0.1) is 6.92 Å². The van der Waals surface area contributed by atoms with Gasteiger partial charge in [0.1, 0.15) is 7.85 Å². The summed E-state index contributed by atoms with van der Waals surface area (Å²) in [5, 5.41) is 0. The lowest BCUT2D eigenvalue weighted by atomic mass is 9.91. The van der Waals surface area contributed by atoms with Crippen LogP contribution in [0.15, 0.2) is 18.2 Å². The van der Waals surface area contributed by atoms with Crippen LogP contribution < -0.4 is 11.2 Å². The third-order valence-electron chi connectivity index (χ3n) is 1.53. The van der Waals surface area contributed by atoms with Crippen molar-refractivity contribution in [3.63, 3.8) is 0 Å². The zero-order chi connectivity index (χ0) is 6.85. The van der Waals surface area contributed by atoms with Crippen LogP contribution in [0.25, 0.3) is 0 Å². The largest absolute Gasteiger partial charge is 0.399 e. The molecule has 0 aromatic heterocycles. The summed E-state index contributed by atoms with van der Waals surface area (Å²) in [6, 6.07) is 5.93. The van der Waals surface area contributed by atoms with Crippen LogP contribution in [-0.2, 0) is 0 Å². The molecule has 0 unspecified atom stereocenters. The zero-order valence-electron chi connectivity index (χ0n) is 5.81. The van der Waals surface area contributed by atoms with Crippen molar-refractivity contribution < 1.29 is 0 Å². The molecular weight excluding hydrogens is 109 g/mol. The van der Waals surface area contributed by atoms with Crippen molar-refractivity contribution in [2.45, 2.75) is 6.92 Å². The highest BCUT2D eigenvalue weighted by molar-refractivity contribution is 6.33. The number of rotatable bonds is 0. The van der Waals surface area contributed by atoms with Gasteiger partial charge in [-0.15, -0.1) is 0 Å². The first-order valence-electron chi connectivity index (χ1n) is 3.03. The number of nitrogens with two attached hydrogens (primary N) is 1. The van der Waals surface area contributed by atoms with Gasteiger partial charge in [-0.05, 0) is 19.1 Å². The Bertz CT molecular complexity index is 220. The summed E-state index contributed by atoms with van der Waals surface area (Å²) in [7, 11) is 2.06. The van der Waals surface area contributed by atoms with Crippen LogP contribution >= 0.6 is 0 Å². The SMILES string of the molecule is Bc1cc(N)ccc1C. The molecule has 0 fully saturated rings. The molecule has 0 saturated heterocycles. The first-order chi connectivity index (χ1) is 4.20. The molecule has 0 aliphatic rings. The molecule has 0 heterocycles. The Labute approximate surface area is 56.3 Å². The van der Waals surface area contributed by atoms with E-state index in [1.54, 1.807) is 0 Å². The second kappa shape index (κ2) is 2.13. The van der Waals surface area contributed by atoms with Crippen molar-refractivity contribution in [2.75, 3.05) is 5.73 Å². The quantitative estimate of drug-likeness (QED) is 0.372. The monoisotopic (exact) mass is 119 g/mol. The van der Waals surface area contributed by atoms with Crippen molar-refractivity contribution >= 4 is 19.0 Å². The van der Waals surface area contributed by atoms with E-state index in [1.807, 2.05) is 18.2 Å². The lowest BCUT2D eigenvalue weighted by molar-refractivity contribution is 1.52. The molecular formula is C7H10BN. The Morgan fingerprint density at radius 2 is 2.11 bits per heavy atom. The number of hydrogen-bond donors (Lipinski definition) is 1. The van der Waals surface area contributed by atoms with E-state index in [0.29, 0.717) is 0 Å². The Hall–Kier alpha value is -0.915. The third-order valence-corrected chi connectivity index (χ3v) is 1.53. The molecule has 0 amide bonds. The van der Waals surface area contributed by atoms with Gasteiger partial charge in [-0.1, -0.05) is 17.1 Å². The molecule has 1 rings (SSSR count). The Morgan fingerprint density at radius 1 is 1.44 bits per heavy atom. The average Bonchev–Trinajstić information content (AvgIpc) is 1.80. The summed E-state index contributed by atoms with van der Waals surface area (Å²) < 4.78 is 0. The van der Waals surface area contributed by atoms with E-state index in [4.69, 9.17) is 5.73 Å². The van der Waals surface area contributed by atoms with Gasteiger partial charge in [0.05, 0.1) is 0 Å². The van der Waals surface area contributed by atoms with Crippen molar-refractivity contribution in [1.82, 2.24) is 0 Å². The van der Waals surface area contributed by atoms with E-state index in [1.165, 1.54) is 11.0 Å². The molecule has 0 bridgehead atoms. The number of benzene rings is 1. The van der Waals surface area contributed by atoms with E-state index < -0.39 is 0 Å². The van der Waals surface area contributed by atoms with E-state index in [2.05, 4.69) is 14.8 Å². The highest BCUT2D eigenvalue weighted by Gasteiger charge is 1.89. The summed E-state index contributed by atoms with van der Waals surface area (Å²) in [6.07, 6.45) is 0. The van der Waals surface area contributed by atoms with Crippen LogP contribution in [0.5, 0.6) is 0 Å². The van der Waals surface area contributed by atoms with Gasteiger partial charge in [-0.25, -0.2) is 0 Å². The topological polar surface area (TPSA) is 26.0 Å². The fourth-order valence-corrected chi connectivity index (χ4v) is 0.765. The Kier molecular flexibility index (Phi) is 1.47. The summed E-state index contributed by atoms with van der Waals surface area (Å²) in [5.41, 5.74) is 8.93. The maximum absolute atomic E-state index is 5.53. The zero-order valence-corrected chi connectivity index (χ0v) is 5.81. The summed E-state index contributed by atoms with van der Waals surface area (Å²) >= 11 is 0. The van der Waals surface area contributed by atoms with Gasteiger partial charge in [0.15, 0.2) is 0 Å². The fourth-order valence-electron chi connectivity index (χ4n) is 0.765. The molecule has 0 spiro atoms. The Morgan fingerprint density at radius 3 is 2.56 bits per heavy atom. The van der Waals surface area contributed by atoms with Crippen LogP contribution in [0.2, 0.25) is 0 Å². The Balaban J connectivity index is 3.17. The van der Waals surface area contributed by atoms with Gasteiger partial charge in [-0.2, -0.15) is 0 Å². The van der Waals surface area contributed by atoms with Crippen molar-refractivity contribution in [3.8, 4) is 0 Å². The van der Waals surface area contributed by atoms with Crippen LogP contribution in [0.3, 0.4) is 0 Å². The molecule has 0 atom stereocenters. The molecule has 1 aromatic carbocycles. The molecule has 0 aliphatic carbocycles. The predicted molar refractivity (Wildman–Crippen MR) is 43.8 cm³/mol. The lowest BCUT2D eigenvalue weighted by Gasteiger charge is -1.98. The van der Waals surface area contributed by atoms with Gasteiger partial charge in [-0.3, -0.25) is 0 Å². The van der Waals surface area contributed by atoms with Gasteiger partial charge >= 0.3 is 0 Å². The minimum Gasteiger partial charge on any atom is -0.399 e. The number of anilines is 1. The lowest BCUT2D eigenvalue weighted by Crippen LogP contribution is -2.07. The van der Waals surface area contributed by atoms with Crippen molar-refractivity contribution in [1.29, 1.82) is 0 Å². The summed E-state index contributed by atoms with van der Waals surface area (Å²) in [6.45, 7) is 2.08. The van der Waals surface area contributed by atoms with Gasteiger partial charge in [0, 0.05) is 5.69 Å². The fraction of sp³-hybridized carbons (Fsp3) is 0.143. The van der Waals surface area contributed by atoms with Crippen LogP contribution in [0.4, 0.5) is 5.69 Å². The molecule has 2 heteroatoms. The first-order valence-corrected chi connectivity index (χ1v) is 3.03. The smallest absolute Gasteiger partial charge is 0.139 e. The average molecular weight is 119 g/mol. The second-order valence-electron chi connectivity index (χ2n) is 2.34. The van der Waals surface area contributed by atoms with E-state index in [9.17, 15) is 0 Å². The number of aryl methyl sites for hydroxylation is 1. The first kappa shape index (κ1) is 6.21. The minimum atomic E-state index is 0.845. The molecule has 46 valence electrons. The van der Waals surface area contributed by atoms with Gasteiger partial charge < -0.3 is 5.73 Å². The van der Waals surface area contributed by atoms with E-state index in [0.717, 1.165) is 5.69 Å². The molecule has 1 aromatic rings. The predicted octanol–water partition coefficient (Wildman–Crippen LogP) is -0.164. The van der Waals surface area contributed by atoms with Crippen LogP contribution in [0.1, 0.15) is 5.56 Å². The van der Waals surface area contributed by atoms with Crippen molar-refractivity contribution in [3.05, 3.63) is 23.8 Å². The summed E-state index contributed by atoms with van der Waals surface area (Å²) in [5.74, 6) is 0. The molecule has 0 saturated carbocycles. The third kappa shape index (κ3) is 1.25. The molecule has 0 radical (unpaired) electrons. The van der Waals surface area contributed by atoms with Gasteiger partial charge in [0.2, 0.25) is 0 Å².